The number of rotatable bonds is 6. The summed E-state index contributed by atoms with van der Waals surface area (Å²) < 4.78 is 5.44. The molecule has 0 bridgehead atoms. The van der Waals surface area contributed by atoms with Gasteiger partial charge in [0.05, 0.1) is 12.1 Å². The van der Waals surface area contributed by atoms with Gasteiger partial charge in [0.25, 0.3) is 0 Å². The van der Waals surface area contributed by atoms with Gasteiger partial charge in [0, 0.05) is 5.69 Å². The molecule has 0 saturated carbocycles. The van der Waals surface area contributed by atoms with Crippen LogP contribution >= 0.6 is 0 Å². The van der Waals surface area contributed by atoms with Crippen LogP contribution in [-0.2, 0) is 0 Å². The number of carbonyl (C=O) groups is 2. The Labute approximate surface area is 127 Å². The molecule has 0 unspecified atom stereocenters. The molecule has 0 aromatic heterocycles. The highest BCUT2D eigenvalue weighted by Gasteiger charge is 2.04. The summed E-state index contributed by atoms with van der Waals surface area (Å²) in [4.78, 5) is 22.4. The molecular weight excluding hydrogens is 284 g/mol. The first-order chi connectivity index (χ1) is 10.6. The second-order valence-corrected chi connectivity index (χ2v) is 4.42. The van der Waals surface area contributed by atoms with E-state index >= 15 is 0 Å². The SMILES string of the molecule is O=C(NCCOc1ccccc1)Nc1ccc(C(=O)O)cc1. The van der Waals surface area contributed by atoms with Crippen molar-refractivity contribution in [1.82, 2.24) is 5.32 Å². The molecule has 6 nitrogen and oxygen atoms in total. The molecule has 114 valence electrons. The van der Waals surface area contributed by atoms with E-state index in [1.54, 1.807) is 0 Å². The maximum Gasteiger partial charge on any atom is 0.335 e. The van der Waals surface area contributed by atoms with Crippen LogP contribution in [0.5, 0.6) is 5.75 Å². The number of carboxylic acid groups (broad SMARTS) is 1. The number of hydrogen-bond donors (Lipinski definition) is 3. The molecule has 0 aliphatic rings. The van der Waals surface area contributed by atoms with Crippen molar-refractivity contribution >= 4 is 17.7 Å². The van der Waals surface area contributed by atoms with Crippen LogP contribution in [0.3, 0.4) is 0 Å². The zero-order valence-electron chi connectivity index (χ0n) is 11.8. The van der Waals surface area contributed by atoms with Gasteiger partial charge in [-0.3, -0.25) is 0 Å². The van der Waals surface area contributed by atoms with Crippen LogP contribution in [0.1, 0.15) is 10.4 Å². The van der Waals surface area contributed by atoms with Crippen molar-refractivity contribution in [2.45, 2.75) is 0 Å². The first kappa shape index (κ1) is 15.4. The highest BCUT2D eigenvalue weighted by atomic mass is 16.5. The van der Waals surface area contributed by atoms with Crippen LogP contribution in [0.25, 0.3) is 0 Å². The van der Waals surface area contributed by atoms with Crippen LogP contribution in [0.4, 0.5) is 10.5 Å². The predicted molar refractivity (Wildman–Crippen MR) is 82.4 cm³/mol. The number of carbonyl (C=O) groups excluding carboxylic acids is 1. The van der Waals surface area contributed by atoms with Crippen molar-refractivity contribution in [3.05, 3.63) is 60.2 Å². The van der Waals surface area contributed by atoms with Crippen LogP contribution in [0, 0.1) is 0 Å². The summed E-state index contributed by atoms with van der Waals surface area (Å²) in [6.07, 6.45) is 0. The fourth-order valence-electron chi connectivity index (χ4n) is 1.72. The fourth-order valence-corrected chi connectivity index (χ4v) is 1.72. The van der Waals surface area contributed by atoms with E-state index in [0.717, 1.165) is 5.75 Å². The molecule has 0 aliphatic heterocycles. The lowest BCUT2D eigenvalue weighted by Gasteiger charge is -2.09. The molecule has 0 heterocycles. The summed E-state index contributed by atoms with van der Waals surface area (Å²) >= 11 is 0. The van der Waals surface area contributed by atoms with Gasteiger partial charge in [-0.15, -0.1) is 0 Å². The molecular formula is C16H16N2O4. The Kier molecular flexibility index (Phi) is 5.37. The minimum absolute atomic E-state index is 0.169. The molecule has 3 N–H and O–H groups in total. The number of urea groups is 1. The summed E-state index contributed by atoms with van der Waals surface area (Å²) in [5.74, 6) is -0.261. The second-order valence-electron chi connectivity index (χ2n) is 4.42. The average Bonchev–Trinajstić information content (AvgIpc) is 2.53. The van der Waals surface area contributed by atoms with Gasteiger partial charge in [-0.05, 0) is 36.4 Å². The van der Waals surface area contributed by atoms with Crippen LogP contribution in [-0.4, -0.2) is 30.3 Å². The summed E-state index contributed by atoms with van der Waals surface area (Å²) in [5, 5.41) is 14.0. The Morgan fingerprint density at radius 1 is 1.00 bits per heavy atom. The Bertz CT molecular complexity index is 626. The smallest absolute Gasteiger partial charge is 0.335 e. The standard InChI is InChI=1S/C16H16N2O4/c19-15(20)12-6-8-13(9-7-12)18-16(21)17-10-11-22-14-4-2-1-3-5-14/h1-9H,10-11H2,(H,19,20)(H2,17,18,21). The minimum atomic E-state index is -1.01. The van der Waals surface area contributed by atoms with Crippen molar-refractivity contribution in [1.29, 1.82) is 0 Å². The van der Waals surface area contributed by atoms with Gasteiger partial charge < -0.3 is 20.5 Å². The topological polar surface area (TPSA) is 87.7 Å². The third-order valence-corrected chi connectivity index (χ3v) is 2.79. The van der Waals surface area contributed by atoms with E-state index in [2.05, 4.69) is 10.6 Å². The van der Waals surface area contributed by atoms with E-state index in [1.165, 1.54) is 24.3 Å². The van der Waals surface area contributed by atoms with Crippen molar-refractivity contribution in [2.75, 3.05) is 18.5 Å². The first-order valence-electron chi connectivity index (χ1n) is 6.71. The molecule has 0 atom stereocenters. The number of para-hydroxylation sites is 1. The molecule has 6 heteroatoms. The Hall–Kier alpha value is -3.02. The minimum Gasteiger partial charge on any atom is -0.492 e. The van der Waals surface area contributed by atoms with Crippen molar-refractivity contribution in [3.63, 3.8) is 0 Å². The van der Waals surface area contributed by atoms with Crippen LogP contribution in [0.2, 0.25) is 0 Å². The number of hydrogen-bond acceptors (Lipinski definition) is 3. The molecule has 2 amide bonds. The molecule has 0 saturated heterocycles. The van der Waals surface area contributed by atoms with Gasteiger partial charge in [-0.2, -0.15) is 0 Å². The zero-order chi connectivity index (χ0) is 15.8. The molecule has 2 aromatic carbocycles. The quantitative estimate of drug-likeness (QED) is 0.715. The van der Waals surface area contributed by atoms with E-state index in [-0.39, 0.29) is 11.6 Å². The molecule has 2 aromatic rings. The van der Waals surface area contributed by atoms with Gasteiger partial charge in [0.15, 0.2) is 0 Å². The van der Waals surface area contributed by atoms with Gasteiger partial charge in [0.2, 0.25) is 0 Å². The lowest BCUT2D eigenvalue weighted by molar-refractivity contribution is 0.0697. The number of carboxylic acids is 1. The number of aromatic carboxylic acids is 1. The van der Waals surface area contributed by atoms with Gasteiger partial charge >= 0.3 is 12.0 Å². The first-order valence-corrected chi connectivity index (χ1v) is 6.71. The fraction of sp³-hybridized carbons (Fsp3) is 0.125. The average molecular weight is 300 g/mol. The highest BCUT2D eigenvalue weighted by Crippen LogP contribution is 2.09. The van der Waals surface area contributed by atoms with Crippen LogP contribution in [0.15, 0.2) is 54.6 Å². The van der Waals surface area contributed by atoms with Crippen molar-refractivity contribution < 1.29 is 19.4 Å². The number of anilines is 1. The van der Waals surface area contributed by atoms with E-state index < -0.39 is 5.97 Å². The normalized spacial score (nSPS) is 9.82. The molecule has 0 fully saturated rings. The summed E-state index contributed by atoms with van der Waals surface area (Å²) in [5.41, 5.74) is 0.689. The molecule has 0 radical (unpaired) electrons. The summed E-state index contributed by atoms with van der Waals surface area (Å²) in [6, 6.07) is 14.9. The molecule has 22 heavy (non-hydrogen) atoms. The van der Waals surface area contributed by atoms with E-state index in [0.29, 0.717) is 18.8 Å². The second kappa shape index (κ2) is 7.68. The van der Waals surface area contributed by atoms with Gasteiger partial charge in [-0.1, -0.05) is 18.2 Å². The lowest BCUT2D eigenvalue weighted by Crippen LogP contribution is -2.32. The van der Waals surface area contributed by atoms with E-state index in [4.69, 9.17) is 9.84 Å². The molecule has 0 aliphatic carbocycles. The van der Waals surface area contributed by atoms with Crippen LogP contribution < -0.4 is 15.4 Å². The van der Waals surface area contributed by atoms with Crippen molar-refractivity contribution in [2.24, 2.45) is 0 Å². The third-order valence-electron chi connectivity index (χ3n) is 2.79. The monoisotopic (exact) mass is 300 g/mol. The van der Waals surface area contributed by atoms with E-state index in [9.17, 15) is 9.59 Å². The Morgan fingerprint density at radius 3 is 2.32 bits per heavy atom. The number of amides is 2. The number of benzene rings is 2. The Morgan fingerprint density at radius 2 is 1.68 bits per heavy atom. The van der Waals surface area contributed by atoms with Gasteiger partial charge in [-0.25, -0.2) is 9.59 Å². The highest BCUT2D eigenvalue weighted by molar-refractivity contribution is 5.91. The Balaban J connectivity index is 1.70. The number of nitrogens with one attached hydrogen (secondary N) is 2. The molecule has 0 spiro atoms. The summed E-state index contributed by atoms with van der Waals surface area (Å²) in [6.45, 7) is 0.712. The maximum absolute atomic E-state index is 11.6. The third kappa shape index (κ3) is 4.82. The van der Waals surface area contributed by atoms with E-state index in [1.807, 2.05) is 30.3 Å². The maximum atomic E-state index is 11.6. The van der Waals surface area contributed by atoms with Gasteiger partial charge in [0.1, 0.15) is 12.4 Å². The molecule has 2 rings (SSSR count). The summed E-state index contributed by atoms with van der Waals surface area (Å²) in [7, 11) is 0. The largest absolute Gasteiger partial charge is 0.492 e. The zero-order valence-corrected chi connectivity index (χ0v) is 11.8. The predicted octanol–water partition coefficient (Wildman–Crippen LogP) is 2.59. The number of ether oxygens (including phenoxy) is 1. The van der Waals surface area contributed by atoms with Crippen molar-refractivity contribution in [3.8, 4) is 5.75 Å². The lowest BCUT2D eigenvalue weighted by atomic mass is 10.2.